The molecule has 0 spiro atoms. The molecule has 0 fully saturated rings. The Morgan fingerprint density at radius 3 is 2.43 bits per heavy atom. The van der Waals surface area contributed by atoms with Crippen molar-refractivity contribution >= 4 is 31.6 Å². The van der Waals surface area contributed by atoms with Crippen LogP contribution in [0.4, 0.5) is 13.2 Å². The number of Topliss-reactive ketones (excluding diaryl/α,β-unsaturated/α-hetero) is 1. The molecular weight excluding hydrogens is 401 g/mol. The molecule has 0 atom stereocenters. The number of rotatable bonds is 4. The molecule has 0 saturated heterocycles. The lowest BCUT2D eigenvalue weighted by atomic mass is 10.3. The van der Waals surface area contributed by atoms with Gasteiger partial charge in [0, 0.05) is 17.7 Å². The highest BCUT2D eigenvalue weighted by atomic mass is 79.9. The maximum atomic E-state index is 12.7. The minimum Gasteiger partial charge on any atom is -0.330 e. The van der Waals surface area contributed by atoms with E-state index in [1.165, 1.54) is 18.2 Å². The second kappa shape index (κ2) is 6.08. The highest BCUT2D eigenvalue weighted by Gasteiger charge is 2.37. The van der Waals surface area contributed by atoms with Gasteiger partial charge in [-0.3, -0.25) is 4.79 Å². The van der Waals surface area contributed by atoms with Crippen molar-refractivity contribution in [3.8, 4) is 0 Å². The van der Waals surface area contributed by atoms with E-state index < -0.39 is 39.1 Å². The third-order valence-corrected chi connectivity index (χ3v) is 5.53. The molecule has 0 radical (unpaired) electrons. The molecule has 0 amide bonds. The number of aromatic nitrogens is 2. The maximum Gasteiger partial charge on any atom is 0.449 e. The van der Waals surface area contributed by atoms with Crippen molar-refractivity contribution < 1.29 is 26.4 Å². The van der Waals surface area contributed by atoms with E-state index in [0.29, 0.717) is 4.57 Å². The second-order valence-corrected chi connectivity index (χ2v) is 7.48. The third-order valence-electron chi connectivity index (χ3n) is 2.91. The summed E-state index contributed by atoms with van der Waals surface area (Å²) in [5.41, 5.74) is -0.546. The van der Waals surface area contributed by atoms with Gasteiger partial charge in [-0.1, -0.05) is 12.1 Å². The molecule has 5 nitrogen and oxygen atoms in total. The van der Waals surface area contributed by atoms with Gasteiger partial charge in [0.2, 0.25) is 5.82 Å². The number of nitrogens with zero attached hydrogens (tertiary/aromatic N) is 2. The predicted molar refractivity (Wildman–Crippen MR) is 78.7 cm³/mol. The molecular formula is C13H10BrF3N2O3S. The van der Waals surface area contributed by atoms with E-state index in [4.69, 9.17) is 0 Å². The Labute approximate surface area is 138 Å². The Balaban J connectivity index is 2.31. The molecule has 23 heavy (non-hydrogen) atoms. The van der Waals surface area contributed by atoms with Crippen LogP contribution in [0.1, 0.15) is 16.3 Å². The average Bonchev–Trinajstić information content (AvgIpc) is 2.80. The summed E-state index contributed by atoms with van der Waals surface area (Å²) in [6.45, 7) is 0. The SMILES string of the molecule is Cn1cc(C(=O)CS(=O)(=O)c2ccccc2Br)nc1C(F)(F)F. The number of benzene rings is 1. The van der Waals surface area contributed by atoms with Crippen LogP contribution in [-0.2, 0) is 23.1 Å². The molecule has 1 heterocycles. The van der Waals surface area contributed by atoms with Gasteiger partial charge >= 0.3 is 6.18 Å². The number of alkyl halides is 3. The van der Waals surface area contributed by atoms with Crippen LogP contribution in [0, 0.1) is 0 Å². The molecule has 1 aromatic heterocycles. The van der Waals surface area contributed by atoms with Crippen LogP contribution in [0.2, 0.25) is 0 Å². The van der Waals surface area contributed by atoms with Crippen molar-refractivity contribution in [2.45, 2.75) is 11.1 Å². The number of hydrogen-bond donors (Lipinski definition) is 0. The van der Waals surface area contributed by atoms with Crippen LogP contribution >= 0.6 is 15.9 Å². The maximum absolute atomic E-state index is 12.7. The largest absolute Gasteiger partial charge is 0.449 e. The predicted octanol–water partition coefficient (Wildman–Crippen LogP) is 2.86. The fraction of sp³-hybridized carbons (Fsp3) is 0.231. The van der Waals surface area contributed by atoms with Crippen molar-refractivity contribution in [3.63, 3.8) is 0 Å². The molecule has 124 valence electrons. The van der Waals surface area contributed by atoms with Gasteiger partial charge in [-0.05, 0) is 28.1 Å². The molecule has 10 heteroatoms. The number of carbonyl (C=O) groups excluding carboxylic acids is 1. The summed E-state index contributed by atoms with van der Waals surface area (Å²) < 4.78 is 63.3. The van der Waals surface area contributed by atoms with Gasteiger partial charge in [-0.25, -0.2) is 13.4 Å². The van der Waals surface area contributed by atoms with E-state index in [0.717, 1.165) is 13.2 Å². The van der Waals surface area contributed by atoms with Gasteiger partial charge < -0.3 is 4.57 Å². The Morgan fingerprint density at radius 2 is 1.91 bits per heavy atom. The van der Waals surface area contributed by atoms with E-state index in [9.17, 15) is 26.4 Å². The van der Waals surface area contributed by atoms with Gasteiger partial charge in [0.15, 0.2) is 15.6 Å². The summed E-state index contributed by atoms with van der Waals surface area (Å²) in [5, 5.41) is 0. The zero-order valence-electron chi connectivity index (χ0n) is 11.6. The monoisotopic (exact) mass is 410 g/mol. The Morgan fingerprint density at radius 1 is 1.30 bits per heavy atom. The van der Waals surface area contributed by atoms with Crippen LogP contribution in [0.15, 0.2) is 39.8 Å². The topological polar surface area (TPSA) is 69.0 Å². The minimum absolute atomic E-state index is 0.111. The number of halogens is 4. The first-order chi connectivity index (χ1) is 10.5. The zero-order chi connectivity index (χ0) is 17.4. The second-order valence-electron chi connectivity index (χ2n) is 4.67. The summed E-state index contributed by atoms with van der Waals surface area (Å²) in [5.74, 6) is -3.24. The molecule has 0 saturated carbocycles. The third kappa shape index (κ3) is 3.81. The summed E-state index contributed by atoms with van der Waals surface area (Å²) in [6.07, 6.45) is -3.87. The molecule has 2 rings (SSSR count). The highest BCUT2D eigenvalue weighted by molar-refractivity contribution is 9.10. The van der Waals surface area contributed by atoms with Gasteiger partial charge in [-0.2, -0.15) is 13.2 Å². The molecule has 0 aliphatic heterocycles. The molecule has 0 unspecified atom stereocenters. The number of sulfone groups is 1. The molecule has 0 aliphatic carbocycles. The molecule has 1 aromatic carbocycles. The zero-order valence-corrected chi connectivity index (χ0v) is 14.0. The van der Waals surface area contributed by atoms with Crippen molar-refractivity contribution in [2.24, 2.45) is 7.05 Å². The van der Waals surface area contributed by atoms with Crippen LogP contribution in [0.3, 0.4) is 0 Å². The lowest BCUT2D eigenvalue weighted by Gasteiger charge is -2.05. The van der Waals surface area contributed by atoms with Gasteiger partial charge in [0.25, 0.3) is 0 Å². The van der Waals surface area contributed by atoms with Crippen LogP contribution in [-0.4, -0.2) is 29.5 Å². The Bertz CT molecular complexity index is 860. The number of aryl methyl sites for hydroxylation is 1. The average molecular weight is 411 g/mol. The fourth-order valence-corrected chi connectivity index (χ4v) is 4.21. The van der Waals surface area contributed by atoms with E-state index in [1.54, 1.807) is 6.07 Å². The normalized spacial score (nSPS) is 12.4. The first-order valence-electron chi connectivity index (χ1n) is 6.13. The summed E-state index contributed by atoms with van der Waals surface area (Å²) in [7, 11) is -2.93. The molecule has 2 aromatic rings. The van der Waals surface area contributed by atoms with Crippen LogP contribution < -0.4 is 0 Å². The smallest absolute Gasteiger partial charge is 0.330 e. The molecule has 0 bridgehead atoms. The number of ketones is 1. The number of hydrogen-bond acceptors (Lipinski definition) is 4. The van der Waals surface area contributed by atoms with Gasteiger partial charge in [-0.15, -0.1) is 0 Å². The van der Waals surface area contributed by atoms with Crippen molar-refractivity contribution in [2.75, 3.05) is 5.75 Å². The summed E-state index contributed by atoms with van der Waals surface area (Å²) >= 11 is 3.06. The minimum atomic E-state index is -4.73. The number of carbonyl (C=O) groups is 1. The fourth-order valence-electron chi connectivity index (χ4n) is 1.89. The molecule has 0 aliphatic rings. The van der Waals surface area contributed by atoms with Crippen molar-refractivity contribution in [3.05, 3.63) is 46.5 Å². The highest BCUT2D eigenvalue weighted by Crippen LogP contribution is 2.28. The van der Waals surface area contributed by atoms with E-state index >= 15 is 0 Å². The number of imidazole rings is 1. The van der Waals surface area contributed by atoms with Crippen LogP contribution in [0.5, 0.6) is 0 Å². The van der Waals surface area contributed by atoms with E-state index in [2.05, 4.69) is 20.9 Å². The lowest BCUT2D eigenvalue weighted by Crippen LogP contribution is -2.17. The first-order valence-corrected chi connectivity index (χ1v) is 8.58. The Hall–Kier alpha value is -1.68. The van der Waals surface area contributed by atoms with E-state index in [1.807, 2.05) is 0 Å². The molecule has 0 N–H and O–H groups in total. The van der Waals surface area contributed by atoms with Gasteiger partial charge in [0.05, 0.1) is 4.90 Å². The van der Waals surface area contributed by atoms with E-state index in [-0.39, 0.29) is 9.37 Å². The summed E-state index contributed by atoms with van der Waals surface area (Å²) in [6, 6.07) is 5.86. The van der Waals surface area contributed by atoms with Crippen molar-refractivity contribution in [1.82, 2.24) is 9.55 Å². The van der Waals surface area contributed by atoms with Gasteiger partial charge in [0.1, 0.15) is 11.4 Å². The first kappa shape index (κ1) is 17.7. The van der Waals surface area contributed by atoms with Crippen LogP contribution in [0.25, 0.3) is 0 Å². The standard InChI is InChI=1S/C13H10BrF3N2O3S/c1-19-6-9(18-12(19)13(15,16)17)10(20)7-23(21,22)11-5-3-2-4-8(11)14/h2-6H,7H2,1H3. The Kier molecular flexibility index (Phi) is 4.67. The summed E-state index contributed by atoms with van der Waals surface area (Å²) in [4.78, 5) is 15.1. The lowest BCUT2D eigenvalue weighted by molar-refractivity contribution is -0.146. The van der Waals surface area contributed by atoms with Crippen molar-refractivity contribution in [1.29, 1.82) is 0 Å². The quantitative estimate of drug-likeness (QED) is 0.726.